The predicted octanol–water partition coefficient (Wildman–Crippen LogP) is 3.72. The largest absolute Gasteiger partial charge is 0.497 e. The lowest BCUT2D eigenvalue weighted by molar-refractivity contribution is -0.122. The number of carbonyl (C=O) groups excluding carboxylic acids is 1. The summed E-state index contributed by atoms with van der Waals surface area (Å²) in [7, 11) is 1.68. The van der Waals surface area contributed by atoms with E-state index in [1.807, 2.05) is 48.5 Å². The first-order valence-corrected chi connectivity index (χ1v) is 10.7. The topological polar surface area (TPSA) is 44.8 Å². The van der Waals surface area contributed by atoms with Crippen LogP contribution in [0.15, 0.2) is 84.9 Å². The SMILES string of the molecule is COc1ccc(N2CCN(CC(=O)NC(c3ccccc3)c3ccccc3)CC2)cc1. The molecule has 0 saturated carbocycles. The molecule has 0 aromatic heterocycles. The third-order valence-electron chi connectivity index (χ3n) is 5.75. The van der Waals surface area contributed by atoms with Gasteiger partial charge in [0.25, 0.3) is 0 Å². The lowest BCUT2D eigenvalue weighted by Gasteiger charge is -2.36. The Balaban J connectivity index is 1.34. The van der Waals surface area contributed by atoms with E-state index in [0.717, 1.165) is 43.1 Å². The number of ether oxygens (including phenoxy) is 1. The molecule has 1 fully saturated rings. The number of piperazine rings is 1. The minimum Gasteiger partial charge on any atom is -0.497 e. The highest BCUT2D eigenvalue weighted by Gasteiger charge is 2.22. The molecule has 4 rings (SSSR count). The first-order chi connectivity index (χ1) is 15.2. The Kier molecular flexibility index (Phi) is 6.85. The second-order valence-corrected chi connectivity index (χ2v) is 7.78. The zero-order valence-corrected chi connectivity index (χ0v) is 17.9. The van der Waals surface area contributed by atoms with Gasteiger partial charge in [-0.05, 0) is 35.4 Å². The van der Waals surface area contributed by atoms with Crippen LogP contribution in [0.25, 0.3) is 0 Å². The Bertz CT molecular complexity index is 913. The summed E-state index contributed by atoms with van der Waals surface area (Å²) in [5.74, 6) is 0.918. The summed E-state index contributed by atoms with van der Waals surface area (Å²) < 4.78 is 5.24. The van der Waals surface area contributed by atoms with Crippen molar-refractivity contribution in [3.63, 3.8) is 0 Å². The maximum Gasteiger partial charge on any atom is 0.234 e. The lowest BCUT2D eigenvalue weighted by Crippen LogP contribution is -2.49. The van der Waals surface area contributed by atoms with Gasteiger partial charge in [-0.1, -0.05) is 60.7 Å². The summed E-state index contributed by atoms with van der Waals surface area (Å²) in [6.07, 6.45) is 0. The summed E-state index contributed by atoms with van der Waals surface area (Å²) in [5.41, 5.74) is 3.37. The van der Waals surface area contributed by atoms with Crippen LogP contribution in [0.4, 0.5) is 5.69 Å². The molecule has 1 N–H and O–H groups in total. The highest BCUT2D eigenvalue weighted by atomic mass is 16.5. The molecule has 3 aromatic carbocycles. The molecule has 0 bridgehead atoms. The second kappa shape index (κ2) is 10.1. The van der Waals surface area contributed by atoms with Crippen LogP contribution in [0.5, 0.6) is 5.75 Å². The van der Waals surface area contributed by atoms with E-state index < -0.39 is 0 Å². The molecule has 3 aromatic rings. The standard InChI is InChI=1S/C26H29N3O2/c1-31-24-14-12-23(13-15-24)29-18-16-28(17-19-29)20-25(30)27-26(21-8-4-2-5-9-21)22-10-6-3-7-11-22/h2-15,26H,16-20H2,1H3,(H,27,30). The normalized spacial score (nSPS) is 14.5. The molecule has 1 heterocycles. The Morgan fingerprint density at radius 1 is 0.839 bits per heavy atom. The quantitative estimate of drug-likeness (QED) is 0.639. The average Bonchev–Trinajstić information content (AvgIpc) is 2.84. The Labute approximate surface area is 184 Å². The fraction of sp³-hybridized carbons (Fsp3) is 0.269. The van der Waals surface area contributed by atoms with Crippen molar-refractivity contribution in [2.45, 2.75) is 6.04 Å². The van der Waals surface area contributed by atoms with Crippen molar-refractivity contribution in [2.75, 3.05) is 44.7 Å². The Hall–Kier alpha value is -3.31. The van der Waals surface area contributed by atoms with E-state index in [0.29, 0.717) is 6.54 Å². The molecule has 1 aliphatic heterocycles. The monoisotopic (exact) mass is 415 g/mol. The summed E-state index contributed by atoms with van der Waals surface area (Å²) in [6.45, 7) is 3.94. The number of nitrogens with one attached hydrogen (secondary N) is 1. The maximum absolute atomic E-state index is 12.9. The number of benzene rings is 3. The molecule has 160 valence electrons. The predicted molar refractivity (Wildman–Crippen MR) is 125 cm³/mol. The van der Waals surface area contributed by atoms with E-state index in [-0.39, 0.29) is 11.9 Å². The first kappa shape index (κ1) is 20.9. The highest BCUT2D eigenvalue weighted by Crippen LogP contribution is 2.22. The van der Waals surface area contributed by atoms with Crippen LogP contribution in [0.2, 0.25) is 0 Å². The average molecular weight is 416 g/mol. The van der Waals surface area contributed by atoms with E-state index in [1.165, 1.54) is 5.69 Å². The van der Waals surface area contributed by atoms with Gasteiger partial charge in [0.1, 0.15) is 5.75 Å². The molecule has 0 unspecified atom stereocenters. The van der Waals surface area contributed by atoms with Crippen LogP contribution in [-0.4, -0.2) is 50.6 Å². The van der Waals surface area contributed by atoms with Gasteiger partial charge >= 0.3 is 0 Å². The second-order valence-electron chi connectivity index (χ2n) is 7.78. The van der Waals surface area contributed by atoms with Gasteiger partial charge in [0, 0.05) is 31.9 Å². The number of nitrogens with zero attached hydrogens (tertiary/aromatic N) is 2. The van der Waals surface area contributed by atoms with Crippen molar-refractivity contribution < 1.29 is 9.53 Å². The Morgan fingerprint density at radius 3 is 1.90 bits per heavy atom. The van der Waals surface area contributed by atoms with E-state index in [9.17, 15) is 4.79 Å². The molecule has 31 heavy (non-hydrogen) atoms. The minimum atomic E-state index is -0.143. The number of methoxy groups -OCH3 is 1. The van der Waals surface area contributed by atoms with Crippen molar-refractivity contribution in [2.24, 2.45) is 0 Å². The number of hydrogen-bond acceptors (Lipinski definition) is 4. The third-order valence-corrected chi connectivity index (χ3v) is 5.75. The van der Waals surface area contributed by atoms with E-state index >= 15 is 0 Å². The molecule has 1 aliphatic rings. The summed E-state index contributed by atoms with van der Waals surface area (Å²) in [6, 6.07) is 28.3. The number of carbonyl (C=O) groups is 1. The summed E-state index contributed by atoms with van der Waals surface area (Å²) >= 11 is 0. The van der Waals surface area contributed by atoms with E-state index in [4.69, 9.17) is 4.74 Å². The third kappa shape index (κ3) is 5.44. The van der Waals surface area contributed by atoms with E-state index in [1.54, 1.807) is 7.11 Å². The van der Waals surface area contributed by atoms with E-state index in [2.05, 4.69) is 51.5 Å². The molecular weight excluding hydrogens is 386 g/mol. The van der Waals surface area contributed by atoms with Crippen molar-refractivity contribution >= 4 is 11.6 Å². The smallest absolute Gasteiger partial charge is 0.234 e. The van der Waals surface area contributed by atoms with Crippen LogP contribution in [-0.2, 0) is 4.79 Å². The van der Waals surface area contributed by atoms with Gasteiger partial charge in [-0.2, -0.15) is 0 Å². The molecule has 1 amide bonds. The van der Waals surface area contributed by atoms with Crippen LogP contribution in [0, 0.1) is 0 Å². The van der Waals surface area contributed by atoms with Crippen molar-refractivity contribution in [1.29, 1.82) is 0 Å². The first-order valence-electron chi connectivity index (χ1n) is 10.7. The molecule has 0 radical (unpaired) electrons. The van der Waals surface area contributed by atoms with Gasteiger partial charge in [-0.15, -0.1) is 0 Å². The van der Waals surface area contributed by atoms with Gasteiger partial charge in [0.05, 0.1) is 19.7 Å². The lowest BCUT2D eigenvalue weighted by atomic mass is 9.99. The van der Waals surface area contributed by atoms with Crippen LogP contribution in [0.1, 0.15) is 17.2 Å². The maximum atomic E-state index is 12.9. The fourth-order valence-electron chi connectivity index (χ4n) is 4.02. The number of anilines is 1. The summed E-state index contributed by atoms with van der Waals surface area (Å²) in [5, 5.41) is 3.24. The van der Waals surface area contributed by atoms with Gasteiger partial charge in [0.2, 0.25) is 5.91 Å². The minimum absolute atomic E-state index is 0.0515. The number of hydrogen-bond donors (Lipinski definition) is 1. The van der Waals surface area contributed by atoms with Gasteiger partial charge in [-0.3, -0.25) is 9.69 Å². The summed E-state index contributed by atoms with van der Waals surface area (Å²) in [4.78, 5) is 17.5. The molecule has 0 spiro atoms. The zero-order chi connectivity index (χ0) is 21.5. The van der Waals surface area contributed by atoms with Crippen molar-refractivity contribution in [3.8, 4) is 5.75 Å². The molecule has 0 aliphatic carbocycles. The molecule has 0 atom stereocenters. The van der Waals surface area contributed by atoms with Crippen LogP contribution in [0.3, 0.4) is 0 Å². The van der Waals surface area contributed by atoms with Gasteiger partial charge in [0.15, 0.2) is 0 Å². The molecular formula is C26H29N3O2. The van der Waals surface area contributed by atoms with Gasteiger partial charge in [-0.25, -0.2) is 0 Å². The van der Waals surface area contributed by atoms with Crippen LogP contribution < -0.4 is 15.0 Å². The zero-order valence-electron chi connectivity index (χ0n) is 17.9. The number of rotatable bonds is 7. The highest BCUT2D eigenvalue weighted by molar-refractivity contribution is 5.79. The van der Waals surface area contributed by atoms with Crippen LogP contribution >= 0.6 is 0 Å². The fourth-order valence-corrected chi connectivity index (χ4v) is 4.02. The van der Waals surface area contributed by atoms with Crippen molar-refractivity contribution in [1.82, 2.24) is 10.2 Å². The van der Waals surface area contributed by atoms with Crippen molar-refractivity contribution in [3.05, 3.63) is 96.1 Å². The van der Waals surface area contributed by atoms with Gasteiger partial charge < -0.3 is 15.0 Å². The Morgan fingerprint density at radius 2 is 1.39 bits per heavy atom. The number of amides is 1. The molecule has 5 nitrogen and oxygen atoms in total. The molecule has 1 saturated heterocycles. The molecule has 5 heteroatoms.